The second-order valence-electron chi connectivity index (χ2n) is 7.46. The van der Waals surface area contributed by atoms with Crippen LogP contribution < -0.4 is 9.62 Å². The van der Waals surface area contributed by atoms with Crippen molar-refractivity contribution >= 4 is 44.8 Å². The van der Waals surface area contributed by atoms with Gasteiger partial charge in [0, 0.05) is 43.1 Å². The Kier molecular flexibility index (Phi) is 6.33. The number of pyridine rings is 1. The Labute approximate surface area is 197 Å². The summed E-state index contributed by atoms with van der Waals surface area (Å²) in [6, 6.07) is 14.9. The third kappa shape index (κ3) is 4.68. The number of hydrogen-bond acceptors (Lipinski definition) is 4. The van der Waals surface area contributed by atoms with Gasteiger partial charge in [0.1, 0.15) is 0 Å². The van der Waals surface area contributed by atoms with E-state index in [0.717, 1.165) is 6.42 Å². The van der Waals surface area contributed by atoms with Crippen LogP contribution in [0.3, 0.4) is 0 Å². The predicted octanol–water partition coefficient (Wildman–Crippen LogP) is 4.59. The van der Waals surface area contributed by atoms with Gasteiger partial charge < -0.3 is 5.32 Å². The van der Waals surface area contributed by atoms with E-state index < -0.39 is 10.2 Å². The number of halogens is 1. The molecule has 0 spiro atoms. The molecule has 8 nitrogen and oxygen atoms in total. The minimum Gasteiger partial charge on any atom is -0.322 e. The van der Waals surface area contributed by atoms with Crippen molar-refractivity contribution in [1.29, 1.82) is 0 Å². The number of carbonyl (C=O) groups is 1. The molecule has 1 N–H and O–H groups in total. The van der Waals surface area contributed by atoms with Gasteiger partial charge in [-0.1, -0.05) is 17.7 Å². The lowest BCUT2D eigenvalue weighted by molar-refractivity contribution is 0.102. The number of carbonyl (C=O) groups excluding carboxylic acids is 1. The number of amides is 1. The zero-order valence-electron chi connectivity index (χ0n) is 17.7. The van der Waals surface area contributed by atoms with E-state index >= 15 is 0 Å². The Bertz CT molecular complexity index is 1340. The van der Waals surface area contributed by atoms with Crippen molar-refractivity contribution in [3.63, 3.8) is 0 Å². The highest BCUT2D eigenvalue weighted by molar-refractivity contribution is 7.90. The van der Waals surface area contributed by atoms with Crippen LogP contribution in [-0.4, -0.2) is 43.8 Å². The van der Waals surface area contributed by atoms with Gasteiger partial charge in [-0.2, -0.15) is 12.7 Å². The first-order valence-electron chi connectivity index (χ1n) is 10.1. The van der Waals surface area contributed by atoms with Gasteiger partial charge in [-0.05, 0) is 55.0 Å². The lowest BCUT2D eigenvalue weighted by Crippen LogP contribution is -2.47. The number of aromatic nitrogens is 1. The largest absolute Gasteiger partial charge is 0.322 e. The fourth-order valence-electron chi connectivity index (χ4n) is 3.49. The molecule has 1 aliphatic heterocycles. The van der Waals surface area contributed by atoms with E-state index in [0.29, 0.717) is 52.0 Å². The molecule has 10 heteroatoms. The summed E-state index contributed by atoms with van der Waals surface area (Å²) in [5.74, 6) is -0.343. The summed E-state index contributed by atoms with van der Waals surface area (Å²) < 4.78 is 27.7. The number of hydrogen-bond donors (Lipinski definition) is 1. The molecule has 0 radical (unpaired) electrons. The molecule has 1 aliphatic rings. The topological polar surface area (TPSA) is 87.0 Å². The number of rotatable bonds is 4. The smallest absolute Gasteiger partial charge is 0.303 e. The lowest BCUT2D eigenvalue weighted by atomic mass is 10.1. The maximum Gasteiger partial charge on any atom is 0.303 e. The van der Waals surface area contributed by atoms with E-state index in [4.69, 9.17) is 18.2 Å². The average molecular weight is 482 g/mol. The third-order valence-corrected chi connectivity index (χ3v) is 7.55. The van der Waals surface area contributed by atoms with Gasteiger partial charge in [0.15, 0.2) is 0 Å². The molecule has 4 rings (SSSR count). The summed E-state index contributed by atoms with van der Waals surface area (Å²) >= 11 is 6.31. The molecule has 1 fully saturated rings. The van der Waals surface area contributed by atoms with Crippen molar-refractivity contribution in [2.75, 3.05) is 29.8 Å². The Morgan fingerprint density at radius 1 is 1.12 bits per heavy atom. The zero-order valence-corrected chi connectivity index (χ0v) is 19.3. The van der Waals surface area contributed by atoms with Crippen LogP contribution >= 0.6 is 11.6 Å². The third-order valence-electron chi connectivity index (χ3n) is 5.30. The van der Waals surface area contributed by atoms with Crippen molar-refractivity contribution in [2.45, 2.75) is 6.42 Å². The number of anilines is 2. The molecule has 0 bridgehead atoms. The minimum atomic E-state index is -3.55. The summed E-state index contributed by atoms with van der Waals surface area (Å²) in [5.41, 5.74) is 3.06. The molecule has 2 aromatic carbocycles. The second kappa shape index (κ2) is 9.19. The molecular formula is C23H20ClN5O3S. The van der Waals surface area contributed by atoms with Gasteiger partial charge in [-0.3, -0.25) is 14.1 Å². The highest BCUT2D eigenvalue weighted by Gasteiger charge is 2.31. The van der Waals surface area contributed by atoms with Gasteiger partial charge in [0.2, 0.25) is 5.69 Å². The van der Waals surface area contributed by atoms with E-state index in [1.54, 1.807) is 61.6 Å². The highest BCUT2D eigenvalue weighted by Crippen LogP contribution is 2.30. The van der Waals surface area contributed by atoms with Crippen LogP contribution in [0.4, 0.5) is 17.1 Å². The number of nitrogens with one attached hydrogen (secondary N) is 1. The Hall–Kier alpha value is -3.45. The van der Waals surface area contributed by atoms with Crippen LogP contribution in [0.2, 0.25) is 5.02 Å². The minimum absolute atomic E-state index is 0.343. The van der Waals surface area contributed by atoms with Crippen LogP contribution in [0.25, 0.3) is 16.1 Å². The average Bonchev–Trinajstić information content (AvgIpc) is 2.82. The summed E-state index contributed by atoms with van der Waals surface area (Å²) in [4.78, 5) is 20.4. The maximum absolute atomic E-state index is 12.8. The van der Waals surface area contributed by atoms with Crippen LogP contribution in [0.15, 0.2) is 60.8 Å². The molecule has 2 heterocycles. The highest BCUT2D eigenvalue weighted by atomic mass is 35.5. The quantitative estimate of drug-likeness (QED) is 0.552. The normalized spacial score (nSPS) is 15.6. The molecule has 1 amide bonds. The van der Waals surface area contributed by atoms with E-state index in [2.05, 4.69) is 15.1 Å². The fraction of sp³-hybridized carbons (Fsp3) is 0.174. The van der Waals surface area contributed by atoms with Crippen molar-refractivity contribution in [1.82, 2.24) is 9.29 Å². The van der Waals surface area contributed by atoms with Gasteiger partial charge in [-0.15, -0.1) is 0 Å². The van der Waals surface area contributed by atoms with Gasteiger partial charge in [-0.25, -0.2) is 4.85 Å². The van der Waals surface area contributed by atoms with E-state index in [9.17, 15) is 13.2 Å². The summed E-state index contributed by atoms with van der Waals surface area (Å²) in [6.45, 7) is 7.92. The van der Waals surface area contributed by atoms with Gasteiger partial charge >= 0.3 is 10.2 Å². The van der Waals surface area contributed by atoms with Crippen LogP contribution in [0.1, 0.15) is 16.8 Å². The lowest BCUT2D eigenvalue weighted by Gasteiger charge is -2.33. The molecule has 0 aliphatic carbocycles. The Morgan fingerprint density at radius 2 is 1.88 bits per heavy atom. The van der Waals surface area contributed by atoms with E-state index in [1.165, 1.54) is 14.8 Å². The summed E-state index contributed by atoms with van der Waals surface area (Å²) in [7, 11) is -1.99. The first-order valence-corrected chi connectivity index (χ1v) is 11.9. The first-order chi connectivity index (χ1) is 15.8. The molecule has 0 saturated carbocycles. The molecule has 33 heavy (non-hydrogen) atoms. The maximum atomic E-state index is 12.8. The van der Waals surface area contributed by atoms with Crippen LogP contribution in [0.5, 0.6) is 0 Å². The molecule has 0 atom stereocenters. The first kappa shape index (κ1) is 22.7. The SMILES string of the molecule is [C-]#[N+]c1ccc(-c2cc(NC(=O)c3ccc(N4CCCN(C)S4(=O)=O)cc3)ccc2Cl)nc1. The van der Waals surface area contributed by atoms with Crippen molar-refractivity contribution in [3.05, 3.63) is 82.8 Å². The monoisotopic (exact) mass is 481 g/mol. The fourth-order valence-corrected chi connectivity index (χ4v) is 5.15. The van der Waals surface area contributed by atoms with Crippen LogP contribution in [0, 0.1) is 6.57 Å². The Morgan fingerprint density at radius 3 is 2.55 bits per heavy atom. The van der Waals surface area contributed by atoms with E-state index in [1.807, 2.05) is 0 Å². The van der Waals surface area contributed by atoms with Crippen LogP contribution in [-0.2, 0) is 10.2 Å². The number of nitrogens with zero attached hydrogens (tertiary/aromatic N) is 4. The zero-order chi connectivity index (χ0) is 23.6. The molecule has 0 unspecified atom stereocenters. The van der Waals surface area contributed by atoms with Crippen molar-refractivity contribution in [3.8, 4) is 11.3 Å². The summed E-state index contributed by atoms with van der Waals surface area (Å²) in [6.07, 6.45) is 2.19. The van der Waals surface area contributed by atoms with Crippen molar-refractivity contribution < 1.29 is 13.2 Å². The standard InChI is InChI=1S/C23H20ClN5O3S/c1-25-18-7-11-22(26-15-18)20-14-17(6-10-21(20)24)27-23(30)16-4-8-19(9-5-16)29-13-3-12-28(2)33(29,31)32/h4-11,14-15H,3,12-13H2,2H3,(H,27,30). The van der Waals surface area contributed by atoms with E-state index in [-0.39, 0.29) is 5.91 Å². The molecular weight excluding hydrogens is 462 g/mol. The Balaban J connectivity index is 1.52. The summed E-state index contributed by atoms with van der Waals surface area (Å²) in [5, 5.41) is 3.29. The molecule has 168 valence electrons. The van der Waals surface area contributed by atoms with Crippen molar-refractivity contribution in [2.24, 2.45) is 0 Å². The molecule has 1 saturated heterocycles. The molecule has 3 aromatic rings. The van der Waals surface area contributed by atoms with Gasteiger partial charge in [0.25, 0.3) is 5.91 Å². The van der Waals surface area contributed by atoms with Gasteiger partial charge in [0.05, 0.1) is 23.0 Å². The molecule has 1 aromatic heterocycles. The predicted molar refractivity (Wildman–Crippen MR) is 129 cm³/mol. The second-order valence-corrected chi connectivity index (χ2v) is 9.83. The number of benzene rings is 2.